The lowest BCUT2D eigenvalue weighted by atomic mass is 9.85. The molecule has 2 heterocycles. The van der Waals surface area contributed by atoms with E-state index in [2.05, 4.69) is 0 Å². The zero-order chi connectivity index (χ0) is 16.8. The number of carbonyl (C=O) groups is 2. The smallest absolute Gasteiger partial charge is 0.312 e. The summed E-state index contributed by atoms with van der Waals surface area (Å²) in [4.78, 5) is 24.5. The first-order chi connectivity index (χ1) is 11.6. The highest BCUT2D eigenvalue weighted by molar-refractivity contribution is 6.13. The lowest BCUT2D eigenvalue weighted by Gasteiger charge is -2.26. The molecule has 0 aliphatic carbocycles. The van der Waals surface area contributed by atoms with E-state index in [1.54, 1.807) is 12.1 Å². The minimum atomic E-state index is -0.275. The third-order valence-electron chi connectivity index (χ3n) is 4.41. The summed E-state index contributed by atoms with van der Waals surface area (Å²) in [7, 11) is 0. The molecule has 0 aromatic heterocycles. The highest BCUT2D eigenvalue weighted by Gasteiger charge is 2.38. The fraction of sp³-hybridized carbons (Fsp3) is 0.200. The molecule has 0 fully saturated rings. The number of fused-ring (bicyclic) bond motifs is 3. The molecule has 1 atom stereocenters. The number of Topliss-reactive ketones (excluding diaryl/α,β-unsaturated/α-hetero) is 1. The van der Waals surface area contributed by atoms with Crippen LogP contribution in [0.5, 0.6) is 11.5 Å². The van der Waals surface area contributed by atoms with Gasteiger partial charge in [0.1, 0.15) is 11.5 Å². The number of benzene rings is 2. The summed E-state index contributed by atoms with van der Waals surface area (Å²) < 4.78 is 11.3. The van der Waals surface area contributed by atoms with Gasteiger partial charge in [0.05, 0.1) is 12.0 Å². The molecule has 120 valence electrons. The normalized spacial score (nSPS) is 18.6. The Kier molecular flexibility index (Phi) is 3.27. The molecule has 0 bridgehead atoms. The molecule has 2 aromatic rings. The van der Waals surface area contributed by atoms with Gasteiger partial charge in [0.2, 0.25) is 5.78 Å². The summed E-state index contributed by atoms with van der Waals surface area (Å²) in [6.45, 7) is 3.69. The maximum atomic E-state index is 12.5. The van der Waals surface area contributed by atoms with E-state index in [0.717, 1.165) is 16.7 Å². The van der Waals surface area contributed by atoms with Gasteiger partial charge in [-0.25, -0.2) is 0 Å². The number of rotatable bonds is 1. The van der Waals surface area contributed by atoms with Gasteiger partial charge in [-0.3, -0.25) is 9.59 Å². The molecule has 0 spiro atoms. The molecule has 4 nitrogen and oxygen atoms in total. The van der Waals surface area contributed by atoms with Gasteiger partial charge in [-0.15, -0.1) is 0 Å². The maximum Gasteiger partial charge on any atom is 0.312 e. The molecule has 4 rings (SSSR count). The minimum Gasteiger partial charge on any atom is -0.452 e. The summed E-state index contributed by atoms with van der Waals surface area (Å²) in [5.41, 5.74) is 3.14. The van der Waals surface area contributed by atoms with Crippen molar-refractivity contribution in [3.05, 3.63) is 70.5 Å². The third kappa shape index (κ3) is 2.14. The number of esters is 1. The van der Waals surface area contributed by atoms with Crippen molar-refractivity contribution >= 4 is 11.8 Å². The largest absolute Gasteiger partial charge is 0.452 e. The Morgan fingerprint density at radius 2 is 1.75 bits per heavy atom. The average molecular weight is 320 g/mol. The molecular weight excluding hydrogens is 304 g/mol. The Balaban J connectivity index is 1.93. The molecule has 2 aromatic carbocycles. The zero-order valence-electron chi connectivity index (χ0n) is 13.5. The molecular formula is C20H16O4. The Bertz CT molecular complexity index is 889. The van der Waals surface area contributed by atoms with Gasteiger partial charge < -0.3 is 9.47 Å². The van der Waals surface area contributed by atoms with Gasteiger partial charge in [-0.05, 0) is 37.1 Å². The van der Waals surface area contributed by atoms with Crippen LogP contribution < -0.4 is 9.47 Å². The number of ether oxygens (including phenoxy) is 2. The number of allylic oxidation sites excluding steroid dienone is 2. The van der Waals surface area contributed by atoms with Crippen LogP contribution in [0.25, 0.3) is 0 Å². The van der Waals surface area contributed by atoms with Gasteiger partial charge in [0.25, 0.3) is 0 Å². The third-order valence-corrected chi connectivity index (χ3v) is 4.41. The number of ketones is 1. The molecule has 2 aliphatic rings. The Morgan fingerprint density at radius 3 is 2.46 bits per heavy atom. The van der Waals surface area contributed by atoms with Crippen molar-refractivity contribution in [3.8, 4) is 11.5 Å². The molecule has 2 aliphatic heterocycles. The van der Waals surface area contributed by atoms with Crippen LogP contribution in [-0.4, -0.2) is 11.8 Å². The summed E-state index contributed by atoms with van der Waals surface area (Å²) in [6, 6.07) is 13.1. The van der Waals surface area contributed by atoms with Crippen molar-refractivity contribution in [1.82, 2.24) is 0 Å². The first-order valence-electron chi connectivity index (χ1n) is 7.89. The minimum absolute atomic E-state index is 0.114. The quantitative estimate of drug-likeness (QED) is 0.453. The van der Waals surface area contributed by atoms with Crippen molar-refractivity contribution in [2.45, 2.75) is 26.2 Å². The zero-order valence-corrected chi connectivity index (χ0v) is 13.5. The standard InChI is InChI=1S/C20H16O4/c1-11(2)19-18(22)13-8-9-15-17(20(13)24-19)14(10-16(21)23-15)12-6-4-3-5-7-12/h3-9,14H,10H2,1-2H3/t14-/m0/s1. The van der Waals surface area contributed by atoms with Gasteiger partial charge >= 0.3 is 5.97 Å². The van der Waals surface area contributed by atoms with Crippen molar-refractivity contribution in [2.75, 3.05) is 0 Å². The van der Waals surface area contributed by atoms with Crippen molar-refractivity contribution in [3.63, 3.8) is 0 Å². The Labute approximate surface area is 139 Å². The monoisotopic (exact) mass is 320 g/mol. The molecule has 0 N–H and O–H groups in total. The van der Waals surface area contributed by atoms with Gasteiger partial charge in [-0.1, -0.05) is 30.3 Å². The lowest BCUT2D eigenvalue weighted by Crippen LogP contribution is -2.21. The number of carbonyl (C=O) groups excluding carboxylic acids is 2. The van der Waals surface area contributed by atoms with Gasteiger partial charge in [0, 0.05) is 11.5 Å². The van der Waals surface area contributed by atoms with E-state index in [-0.39, 0.29) is 24.1 Å². The second-order valence-electron chi connectivity index (χ2n) is 6.26. The molecule has 4 heteroatoms. The highest BCUT2D eigenvalue weighted by atomic mass is 16.5. The molecule has 0 amide bonds. The second-order valence-corrected chi connectivity index (χ2v) is 6.26. The molecule has 24 heavy (non-hydrogen) atoms. The van der Waals surface area contributed by atoms with Crippen LogP contribution in [0.15, 0.2) is 53.8 Å². The van der Waals surface area contributed by atoms with Crippen molar-refractivity contribution < 1.29 is 19.1 Å². The number of hydrogen-bond acceptors (Lipinski definition) is 4. The van der Waals surface area contributed by atoms with Crippen LogP contribution in [0, 0.1) is 0 Å². The van der Waals surface area contributed by atoms with Crippen molar-refractivity contribution in [2.24, 2.45) is 0 Å². The predicted molar refractivity (Wildman–Crippen MR) is 88.3 cm³/mol. The van der Waals surface area contributed by atoms with Crippen LogP contribution in [0.4, 0.5) is 0 Å². The van der Waals surface area contributed by atoms with Crippen LogP contribution in [0.1, 0.15) is 47.7 Å². The predicted octanol–water partition coefficient (Wildman–Crippen LogP) is 4.00. The summed E-state index contributed by atoms with van der Waals surface area (Å²) >= 11 is 0. The van der Waals surface area contributed by atoms with E-state index in [4.69, 9.17) is 9.47 Å². The average Bonchev–Trinajstić information content (AvgIpc) is 2.92. The highest BCUT2D eigenvalue weighted by Crippen LogP contribution is 2.48. The molecule has 0 radical (unpaired) electrons. The first kappa shape index (κ1) is 14.7. The molecule has 0 saturated heterocycles. The van der Waals surface area contributed by atoms with E-state index >= 15 is 0 Å². The van der Waals surface area contributed by atoms with E-state index in [9.17, 15) is 9.59 Å². The van der Waals surface area contributed by atoms with Crippen LogP contribution in [0.3, 0.4) is 0 Å². The maximum absolute atomic E-state index is 12.5. The second kappa shape index (κ2) is 5.34. The lowest BCUT2D eigenvalue weighted by molar-refractivity contribution is -0.135. The van der Waals surface area contributed by atoms with E-state index in [0.29, 0.717) is 22.8 Å². The van der Waals surface area contributed by atoms with Crippen LogP contribution in [0.2, 0.25) is 0 Å². The van der Waals surface area contributed by atoms with E-state index in [1.807, 2.05) is 44.2 Å². The summed E-state index contributed by atoms with van der Waals surface area (Å²) in [6.07, 6.45) is 0.231. The first-order valence-corrected chi connectivity index (χ1v) is 7.89. The van der Waals surface area contributed by atoms with E-state index < -0.39 is 0 Å². The Morgan fingerprint density at radius 1 is 1.00 bits per heavy atom. The topological polar surface area (TPSA) is 52.6 Å². The fourth-order valence-electron chi connectivity index (χ4n) is 3.29. The molecule has 0 unspecified atom stereocenters. The van der Waals surface area contributed by atoms with Crippen LogP contribution >= 0.6 is 0 Å². The van der Waals surface area contributed by atoms with E-state index in [1.165, 1.54) is 0 Å². The SMILES string of the molecule is CC(C)=C1Oc2c(ccc3c2[C@H](c2ccccc2)CC(=O)O3)C1=O. The van der Waals surface area contributed by atoms with Gasteiger partial charge in [-0.2, -0.15) is 0 Å². The Hall–Kier alpha value is -2.88. The van der Waals surface area contributed by atoms with Gasteiger partial charge in [0.15, 0.2) is 5.76 Å². The van der Waals surface area contributed by atoms with Crippen LogP contribution in [-0.2, 0) is 4.79 Å². The molecule has 0 saturated carbocycles. The number of hydrogen-bond donors (Lipinski definition) is 0. The summed E-state index contributed by atoms with van der Waals surface area (Å²) in [5, 5.41) is 0. The summed E-state index contributed by atoms with van der Waals surface area (Å²) in [5.74, 6) is 0.792. The fourth-order valence-corrected chi connectivity index (χ4v) is 3.29. The van der Waals surface area contributed by atoms with Crippen molar-refractivity contribution in [1.29, 1.82) is 0 Å².